The van der Waals surface area contributed by atoms with Crippen LogP contribution in [0.25, 0.3) is 5.65 Å². The van der Waals surface area contributed by atoms with Crippen molar-refractivity contribution in [2.75, 3.05) is 13.2 Å². The molecule has 0 aliphatic rings. The lowest BCUT2D eigenvalue weighted by molar-refractivity contribution is -0.120. The molecule has 3 rings (SSSR count). The van der Waals surface area contributed by atoms with Crippen LogP contribution in [0.4, 0.5) is 4.39 Å². The predicted molar refractivity (Wildman–Crippen MR) is 91.7 cm³/mol. The molecule has 0 radical (unpaired) electrons. The molecule has 26 heavy (non-hydrogen) atoms. The molecule has 0 spiro atoms. The van der Waals surface area contributed by atoms with Crippen molar-refractivity contribution in [1.29, 1.82) is 0 Å². The van der Waals surface area contributed by atoms with Crippen molar-refractivity contribution in [2.45, 2.75) is 20.3 Å². The van der Waals surface area contributed by atoms with Crippen molar-refractivity contribution in [1.82, 2.24) is 24.9 Å². The van der Waals surface area contributed by atoms with E-state index in [0.29, 0.717) is 11.3 Å². The summed E-state index contributed by atoms with van der Waals surface area (Å²) in [6.07, 6.45) is 1.54. The molecule has 3 aromatic rings. The van der Waals surface area contributed by atoms with E-state index in [4.69, 9.17) is 4.74 Å². The summed E-state index contributed by atoms with van der Waals surface area (Å²) in [4.78, 5) is 31.7. The van der Waals surface area contributed by atoms with Gasteiger partial charge in [-0.2, -0.15) is 0 Å². The quantitative estimate of drug-likeness (QED) is 0.637. The van der Waals surface area contributed by atoms with Crippen LogP contribution >= 0.6 is 0 Å². The van der Waals surface area contributed by atoms with E-state index < -0.39 is 5.82 Å². The number of ether oxygens (including phenoxy) is 1. The fourth-order valence-corrected chi connectivity index (χ4v) is 2.65. The van der Waals surface area contributed by atoms with E-state index in [1.807, 2.05) is 6.92 Å². The Hall–Kier alpha value is -3.23. The molecule has 3 aromatic heterocycles. The largest absolute Gasteiger partial charge is 0.474 e. The molecule has 0 aromatic carbocycles. The van der Waals surface area contributed by atoms with Gasteiger partial charge in [0.05, 0.1) is 13.0 Å². The Morgan fingerprint density at radius 2 is 2.23 bits per heavy atom. The highest BCUT2D eigenvalue weighted by Gasteiger charge is 2.14. The van der Waals surface area contributed by atoms with E-state index >= 15 is 0 Å². The van der Waals surface area contributed by atoms with Crippen molar-refractivity contribution in [3.63, 3.8) is 0 Å². The van der Waals surface area contributed by atoms with Crippen LogP contribution in [-0.2, 0) is 11.2 Å². The number of hydrogen-bond acceptors (Lipinski definition) is 5. The molecule has 2 N–H and O–H groups in total. The van der Waals surface area contributed by atoms with Gasteiger partial charge in [-0.3, -0.25) is 14.7 Å². The number of aryl methyl sites for hydroxylation is 2. The number of H-pyrrole nitrogens is 1. The molecule has 0 atom stereocenters. The van der Waals surface area contributed by atoms with Gasteiger partial charge in [0.25, 0.3) is 5.56 Å². The molecule has 0 aliphatic carbocycles. The zero-order chi connectivity index (χ0) is 18.7. The number of aromatic nitrogens is 4. The zero-order valence-electron chi connectivity index (χ0n) is 14.4. The fourth-order valence-electron chi connectivity index (χ4n) is 2.65. The summed E-state index contributed by atoms with van der Waals surface area (Å²) in [5.74, 6) is -0.873. The monoisotopic (exact) mass is 359 g/mol. The number of hydrogen-bond donors (Lipinski definition) is 2. The van der Waals surface area contributed by atoms with Gasteiger partial charge in [0.15, 0.2) is 11.5 Å². The Morgan fingerprint density at radius 3 is 3.00 bits per heavy atom. The number of fused-ring (bicyclic) bond motifs is 1. The minimum atomic E-state index is -0.551. The highest BCUT2D eigenvalue weighted by molar-refractivity contribution is 5.79. The standard InChI is InChI=1S/C17H18FN5O3/c1-10-12(11(2)23-14(21-10)9-16(25)22-23)8-15(24)19-6-7-26-17-13(18)4-3-5-20-17/h3-5,9H,6-8H2,1-2H3,(H,19,24)(H,22,25). The first-order valence-electron chi connectivity index (χ1n) is 8.03. The summed E-state index contributed by atoms with van der Waals surface area (Å²) in [5, 5.41) is 5.35. The van der Waals surface area contributed by atoms with E-state index in [0.717, 1.165) is 11.3 Å². The molecule has 8 nitrogen and oxygen atoms in total. The molecule has 0 aliphatic heterocycles. The third-order valence-corrected chi connectivity index (χ3v) is 3.93. The summed E-state index contributed by atoms with van der Waals surface area (Å²) in [6.45, 7) is 3.91. The van der Waals surface area contributed by atoms with Crippen molar-refractivity contribution in [2.24, 2.45) is 0 Å². The average molecular weight is 359 g/mol. The molecule has 0 fully saturated rings. The highest BCUT2D eigenvalue weighted by atomic mass is 19.1. The Morgan fingerprint density at radius 1 is 1.42 bits per heavy atom. The summed E-state index contributed by atoms with van der Waals surface area (Å²) in [7, 11) is 0. The number of carbonyl (C=O) groups excluding carboxylic acids is 1. The number of halogens is 1. The molecule has 0 saturated heterocycles. The topological polar surface area (TPSA) is 101 Å². The van der Waals surface area contributed by atoms with Crippen molar-refractivity contribution < 1.29 is 13.9 Å². The maximum Gasteiger partial charge on any atom is 0.266 e. The van der Waals surface area contributed by atoms with Gasteiger partial charge < -0.3 is 10.1 Å². The van der Waals surface area contributed by atoms with Crippen LogP contribution in [0.2, 0.25) is 0 Å². The van der Waals surface area contributed by atoms with Gasteiger partial charge in [0.1, 0.15) is 6.61 Å². The van der Waals surface area contributed by atoms with Gasteiger partial charge in [-0.1, -0.05) is 0 Å². The van der Waals surface area contributed by atoms with Crippen LogP contribution in [0.15, 0.2) is 29.2 Å². The van der Waals surface area contributed by atoms with E-state index in [-0.39, 0.29) is 36.9 Å². The van der Waals surface area contributed by atoms with Crippen LogP contribution < -0.4 is 15.6 Å². The lowest BCUT2D eigenvalue weighted by atomic mass is 10.1. The van der Waals surface area contributed by atoms with Gasteiger partial charge in [0.2, 0.25) is 11.8 Å². The maximum atomic E-state index is 13.4. The molecular weight excluding hydrogens is 341 g/mol. The van der Waals surface area contributed by atoms with E-state index in [2.05, 4.69) is 20.4 Å². The Labute approximate surface area is 148 Å². The first kappa shape index (κ1) is 17.6. The third kappa shape index (κ3) is 3.71. The summed E-state index contributed by atoms with van der Waals surface area (Å²) < 4.78 is 20.1. The lowest BCUT2D eigenvalue weighted by Crippen LogP contribution is -2.30. The number of carbonyl (C=O) groups is 1. The second-order valence-electron chi connectivity index (χ2n) is 5.74. The predicted octanol–water partition coefficient (Wildman–Crippen LogP) is 0.911. The number of amides is 1. The molecule has 3 heterocycles. The van der Waals surface area contributed by atoms with Crippen LogP contribution in [0.1, 0.15) is 17.0 Å². The van der Waals surface area contributed by atoms with Crippen molar-refractivity contribution in [3.05, 3.63) is 57.5 Å². The third-order valence-electron chi connectivity index (χ3n) is 3.93. The molecule has 136 valence electrons. The number of nitrogens with one attached hydrogen (secondary N) is 2. The van der Waals surface area contributed by atoms with Crippen LogP contribution in [0.3, 0.4) is 0 Å². The van der Waals surface area contributed by atoms with Gasteiger partial charge in [-0.25, -0.2) is 18.9 Å². The van der Waals surface area contributed by atoms with E-state index in [1.165, 1.54) is 24.4 Å². The number of nitrogens with zero attached hydrogens (tertiary/aromatic N) is 3. The smallest absolute Gasteiger partial charge is 0.266 e. The van der Waals surface area contributed by atoms with Crippen LogP contribution in [0.5, 0.6) is 5.88 Å². The normalized spacial score (nSPS) is 10.9. The zero-order valence-corrected chi connectivity index (χ0v) is 14.4. The van der Waals surface area contributed by atoms with E-state index in [9.17, 15) is 14.0 Å². The molecule has 0 bridgehead atoms. The molecule has 0 saturated carbocycles. The lowest BCUT2D eigenvalue weighted by Gasteiger charge is -2.12. The van der Waals surface area contributed by atoms with Crippen LogP contribution in [0, 0.1) is 19.7 Å². The summed E-state index contributed by atoms with van der Waals surface area (Å²) in [6, 6.07) is 4.12. The summed E-state index contributed by atoms with van der Waals surface area (Å²) >= 11 is 0. The second-order valence-corrected chi connectivity index (χ2v) is 5.74. The number of rotatable bonds is 6. The molecular formula is C17H18FN5O3. The number of pyridine rings is 1. The second kappa shape index (κ2) is 7.34. The van der Waals surface area contributed by atoms with Crippen LogP contribution in [-0.4, -0.2) is 38.6 Å². The fraction of sp³-hybridized carbons (Fsp3) is 0.294. The summed E-state index contributed by atoms with van der Waals surface area (Å²) in [5.41, 5.74) is 2.43. The van der Waals surface area contributed by atoms with Gasteiger partial charge in [-0.15, -0.1) is 0 Å². The Balaban J connectivity index is 1.59. The van der Waals surface area contributed by atoms with Gasteiger partial charge in [0, 0.05) is 29.2 Å². The molecule has 0 unspecified atom stereocenters. The first-order chi connectivity index (χ1) is 12.5. The van der Waals surface area contributed by atoms with Gasteiger partial charge >= 0.3 is 0 Å². The average Bonchev–Trinajstić information content (AvgIpc) is 2.97. The maximum absolute atomic E-state index is 13.4. The Kier molecular flexibility index (Phi) is 4.97. The van der Waals surface area contributed by atoms with Crippen molar-refractivity contribution >= 4 is 11.6 Å². The first-order valence-corrected chi connectivity index (χ1v) is 8.03. The highest BCUT2D eigenvalue weighted by Crippen LogP contribution is 2.14. The molecule has 1 amide bonds. The van der Waals surface area contributed by atoms with Crippen molar-refractivity contribution in [3.8, 4) is 5.88 Å². The minimum absolute atomic E-state index is 0.0971. The van der Waals surface area contributed by atoms with Gasteiger partial charge in [-0.05, 0) is 26.0 Å². The SMILES string of the molecule is Cc1nc2cc(=O)[nH]n2c(C)c1CC(=O)NCCOc1ncccc1F. The Bertz CT molecular complexity index is 1010. The van der Waals surface area contributed by atoms with E-state index in [1.54, 1.807) is 11.4 Å². The minimum Gasteiger partial charge on any atom is -0.474 e. The molecule has 9 heteroatoms. The number of aromatic amines is 1.